The first kappa shape index (κ1) is 22.5. The van der Waals surface area contributed by atoms with Crippen molar-refractivity contribution in [3.8, 4) is 0 Å². The Morgan fingerprint density at radius 3 is 2.28 bits per heavy atom. The number of amides is 1. The molecule has 2 aliphatic rings. The molecule has 0 aromatic heterocycles. The monoisotopic (exact) mass is 464 g/mol. The van der Waals surface area contributed by atoms with Gasteiger partial charge in [0.05, 0.1) is 5.41 Å². The van der Waals surface area contributed by atoms with Gasteiger partial charge in [0.15, 0.2) is 5.96 Å². The van der Waals surface area contributed by atoms with Crippen molar-refractivity contribution in [3.05, 3.63) is 0 Å². The lowest BCUT2D eigenvalue weighted by Crippen LogP contribution is -2.53. The van der Waals surface area contributed by atoms with E-state index in [0.717, 1.165) is 19.0 Å². The van der Waals surface area contributed by atoms with Gasteiger partial charge in [-0.25, -0.2) is 0 Å². The highest BCUT2D eigenvalue weighted by molar-refractivity contribution is 14.0. The Kier molecular flexibility index (Phi) is 8.98. The zero-order chi connectivity index (χ0) is 17.6. The maximum Gasteiger partial charge on any atom is 0.227 e. The Morgan fingerprint density at radius 1 is 1.12 bits per heavy atom. The summed E-state index contributed by atoms with van der Waals surface area (Å²) in [6.45, 7) is 6.72. The van der Waals surface area contributed by atoms with E-state index >= 15 is 0 Å². The summed E-state index contributed by atoms with van der Waals surface area (Å²) in [5, 5.41) is 6.19. The summed E-state index contributed by atoms with van der Waals surface area (Å²) in [7, 11) is 3.54. The van der Waals surface area contributed by atoms with Crippen LogP contribution in [0.3, 0.4) is 0 Å². The number of nitrogens with one attached hydrogen (secondary N) is 2. The van der Waals surface area contributed by atoms with Crippen LogP contribution in [-0.4, -0.2) is 50.5 Å². The molecule has 1 amide bonds. The second kappa shape index (κ2) is 9.97. The second-order valence-electron chi connectivity index (χ2n) is 8.30. The highest BCUT2D eigenvalue weighted by Crippen LogP contribution is 2.42. The van der Waals surface area contributed by atoms with E-state index in [4.69, 9.17) is 0 Å². The molecule has 1 heterocycles. The lowest BCUT2D eigenvalue weighted by molar-refractivity contribution is -0.128. The van der Waals surface area contributed by atoms with Gasteiger partial charge in [0.25, 0.3) is 0 Å². The van der Waals surface area contributed by atoms with Crippen LogP contribution in [0.5, 0.6) is 0 Å². The topological polar surface area (TPSA) is 56.7 Å². The van der Waals surface area contributed by atoms with Crippen LogP contribution in [0.2, 0.25) is 0 Å². The number of likely N-dealkylation sites (tertiary alicyclic amines) is 1. The molecular formula is C19H37IN4O. The number of piperidine rings is 1. The number of rotatable bonds is 3. The number of halogens is 1. The van der Waals surface area contributed by atoms with Crippen molar-refractivity contribution in [2.45, 2.75) is 65.2 Å². The van der Waals surface area contributed by atoms with Crippen molar-refractivity contribution in [1.29, 1.82) is 0 Å². The molecule has 0 atom stereocenters. The number of hydrogen-bond acceptors (Lipinski definition) is 2. The predicted molar refractivity (Wildman–Crippen MR) is 116 cm³/mol. The number of aliphatic imine (C=N–C) groups is 1. The minimum atomic E-state index is -0.444. The van der Waals surface area contributed by atoms with Gasteiger partial charge in [-0.2, -0.15) is 0 Å². The van der Waals surface area contributed by atoms with Gasteiger partial charge < -0.3 is 15.5 Å². The molecule has 2 fully saturated rings. The first-order valence-corrected chi connectivity index (χ1v) is 9.60. The van der Waals surface area contributed by atoms with Crippen molar-refractivity contribution >= 4 is 35.8 Å². The van der Waals surface area contributed by atoms with Crippen LogP contribution in [0.15, 0.2) is 4.99 Å². The van der Waals surface area contributed by atoms with Gasteiger partial charge in [0.1, 0.15) is 0 Å². The molecule has 146 valence electrons. The standard InChI is InChI=1S/C19H36N4O.HI/c1-18(2,16(24)20-3)14-22-17(21-4)23-13-9-12-19(15-23)10-7-5-6-8-11-19;/h5-15H2,1-4H3,(H,20,24)(H,21,22);1H. The quantitative estimate of drug-likeness (QED) is 0.383. The normalized spacial score (nSPS) is 21.3. The average molecular weight is 464 g/mol. The largest absolute Gasteiger partial charge is 0.359 e. The number of carbonyl (C=O) groups is 1. The molecule has 0 unspecified atom stereocenters. The maximum atomic E-state index is 12.0. The third-order valence-corrected chi connectivity index (χ3v) is 5.87. The fourth-order valence-electron chi connectivity index (χ4n) is 4.33. The number of nitrogens with zero attached hydrogens (tertiary/aromatic N) is 2. The molecule has 25 heavy (non-hydrogen) atoms. The van der Waals surface area contributed by atoms with E-state index in [1.54, 1.807) is 7.05 Å². The second-order valence-corrected chi connectivity index (χ2v) is 8.30. The van der Waals surface area contributed by atoms with Gasteiger partial charge in [-0.1, -0.05) is 25.7 Å². The van der Waals surface area contributed by atoms with E-state index < -0.39 is 5.41 Å². The van der Waals surface area contributed by atoms with Crippen LogP contribution in [0.25, 0.3) is 0 Å². The Bertz CT molecular complexity index is 456. The van der Waals surface area contributed by atoms with Crippen molar-refractivity contribution < 1.29 is 4.79 Å². The van der Waals surface area contributed by atoms with E-state index in [-0.39, 0.29) is 29.9 Å². The van der Waals surface area contributed by atoms with Crippen molar-refractivity contribution in [1.82, 2.24) is 15.5 Å². The van der Waals surface area contributed by atoms with E-state index in [9.17, 15) is 4.79 Å². The van der Waals surface area contributed by atoms with Gasteiger partial charge in [0, 0.05) is 33.7 Å². The summed E-state index contributed by atoms with van der Waals surface area (Å²) in [5.41, 5.74) is 0.0448. The smallest absolute Gasteiger partial charge is 0.227 e. The zero-order valence-corrected chi connectivity index (χ0v) is 18.8. The van der Waals surface area contributed by atoms with Crippen LogP contribution in [0, 0.1) is 10.8 Å². The number of guanidine groups is 1. The highest BCUT2D eigenvalue weighted by Gasteiger charge is 2.37. The average Bonchev–Trinajstić information content (AvgIpc) is 2.80. The lowest BCUT2D eigenvalue weighted by Gasteiger charge is -2.44. The molecule has 1 saturated heterocycles. The Labute approximate surface area is 170 Å². The summed E-state index contributed by atoms with van der Waals surface area (Å²) < 4.78 is 0. The first-order chi connectivity index (χ1) is 11.4. The van der Waals surface area contributed by atoms with Crippen LogP contribution >= 0.6 is 24.0 Å². The summed E-state index contributed by atoms with van der Waals surface area (Å²) in [4.78, 5) is 18.9. The Morgan fingerprint density at radius 2 is 1.72 bits per heavy atom. The molecule has 6 heteroatoms. The van der Waals surface area contributed by atoms with Crippen LogP contribution in [0.4, 0.5) is 0 Å². The van der Waals surface area contributed by atoms with Gasteiger partial charge in [-0.3, -0.25) is 9.79 Å². The molecule has 1 spiro atoms. The van der Waals surface area contributed by atoms with Gasteiger partial charge >= 0.3 is 0 Å². The minimum absolute atomic E-state index is 0. The summed E-state index contributed by atoms with van der Waals surface area (Å²) in [6.07, 6.45) is 10.9. The molecule has 0 radical (unpaired) electrons. The third kappa shape index (κ3) is 6.00. The van der Waals surface area contributed by atoms with Crippen LogP contribution in [0.1, 0.15) is 65.2 Å². The molecule has 2 N–H and O–H groups in total. The molecule has 1 aliphatic heterocycles. The van der Waals surface area contributed by atoms with Gasteiger partial charge in [-0.15, -0.1) is 24.0 Å². The molecule has 2 rings (SSSR count). The number of hydrogen-bond donors (Lipinski definition) is 2. The van der Waals surface area contributed by atoms with Gasteiger partial charge in [-0.05, 0) is 44.9 Å². The van der Waals surface area contributed by atoms with E-state index in [1.807, 2.05) is 20.9 Å². The van der Waals surface area contributed by atoms with E-state index in [2.05, 4.69) is 20.5 Å². The zero-order valence-electron chi connectivity index (χ0n) is 16.5. The summed E-state index contributed by atoms with van der Waals surface area (Å²) in [6, 6.07) is 0. The molecule has 1 aliphatic carbocycles. The maximum absolute atomic E-state index is 12.0. The first-order valence-electron chi connectivity index (χ1n) is 9.60. The van der Waals surface area contributed by atoms with Crippen LogP contribution in [-0.2, 0) is 4.79 Å². The van der Waals surface area contributed by atoms with E-state index in [0.29, 0.717) is 12.0 Å². The molecule has 0 aromatic carbocycles. The molecule has 0 aromatic rings. The molecule has 1 saturated carbocycles. The predicted octanol–water partition coefficient (Wildman–Crippen LogP) is 3.39. The summed E-state index contributed by atoms with van der Waals surface area (Å²) >= 11 is 0. The lowest BCUT2D eigenvalue weighted by atomic mass is 9.74. The van der Waals surface area contributed by atoms with Crippen molar-refractivity contribution in [3.63, 3.8) is 0 Å². The Hall–Kier alpha value is -0.530. The van der Waals surface area contributed by atoms with E-state index in [1.165, 1.54) is 51.4 Å². The summed E-state index contributed by atoms with van der Waals surface area (Å²) in [5.74, 6) is 1.01. The van der Waals surface area contributed by atoms with Gasteiger partial charge in [0.2, 0.25) is 5.91 Å². The number of carbonyl (C=O) groups excluding carboxylic acids is 1. The fourth-order valence-corrected chi connectivity index (χ4v) is 4.33. The SMILES string of the molecule is CN=C(NCC(C)(C)C(=O)NC)N1CCCC2(CCCCCC2)C1.I. The minimum Gasteiger partial charge on any atom is -0.359 e. The molecular weight excluding hydrogens is 427 g/mol. The highest BCUT2D eigenvalue weighted by atomic mass is 127. The van der Waals surface area contributed by atoms with Crippen LogP contribution < -0.4 is 10.6 Å². The molecule has 0 bridgehead atoms. The van der Waals surface area contributed by atoms with Crippen molar-refractivity contribution in [2.75, 3.05) is 33.7 Å². The third-order valence-electron chi connectivity index (χ3n) is 5.87. The van der Waals surface area contributed by atoms with Crippen molar-refractivity contribution in [2.24, 2.45) is 15.8 Å². The fraction of sp³-hybridized carbons (Fsp3) is 0.895. The Balaban J connectivity index is 0.00000312. The molecule has 5 nitrogen and oxygen atoms in total.